The molecule has 2 aromatic rings. The Morgan fingerprint density at radius 1 is 1.17 bits per heavy atom. The van der Waals surface area contributed by atoms with E-state index in [2.05, 4.69) is 28.5 Å². The molecule has 0 bridgehead atoms. The Labute approximate surface area is 147 Å². The van der Waals surface area contributed by atoms with Crippen molar-refractivity contribution in [3.05, 3.63) is 39.7 Å². The predicted octanol–water partition coefficient (Wildman–Crippen LogP) is 2.96. The van der Waals surface area contributed by atoms with E-state index in [0.29, 0.717) is 0 Å². The van der Waals surface area contributed by atoms with Gasteiger partial charge in [0.15, 0.2) is 0 Å². The predicted molar refractivity (Wildman–Crippen MR) is 97.1 cm³/mol. The number of aryl methyl sites for hydroxylation is 2. The van der Waals surface area contributed by atoms with Crippen molar-refractivity contribution in [2.75, 3.05) is 26.2 Å². The summed E-state index contributed by atoms with van der Waals surface area (Å²) in [5.41, 5.74) is 5.37. The summed E-state index contributed by atoms with van der Waals surface area (Å²) in [4.78, 5) is 20.6. The molecule has 1 aliphatic carbocycles. The number of fused-ring (bicyclic) bond motifs is 1. The summed E-state index contributed by atoms with van der Waals surface area (Å²) >= 11 is 1.75. The lowest BCUT2D eigenvalue weighted by atomic mass is 10.1. The van der Waals surface area contributed by atoms with Crippen LogP contribution >= 0.6 is 11.3 Å². The van der Waals surface area contributed by atoms with Crippen LogP contribution < -0.4 is 0 Å². The summed E-state index contributed by atoms with van der Waals surface area (Å²) in [5.74, 6) is 0.183. The molecule has 0 atom stereocenters. The van der Waals surface area contributed by atoms with Crippen LogP contribution in [-0.4, -0.2) is 46.9 Å². The minimum absolute atomic E-state index is 0.183. The van der Waals surface area contributed by atoms with Crippen molar-refractivity contribution in [1.29, 1.82) is 0 Å². The molecule has 1 fully saturated rings. The van der Waals surface area contributed by atoms with Gasteiger partial charge in [0.25, 0.3) is 0 Å². The van der Waals surface area contributed by atoms with Crippen molar-refractivity contribution in [3.8, 4) is 11.3 Å². The van der Waals surface area contributed by atoms with Crippen molar-refractivity contribution >= 4 is 17.2 Å². The van der Waals surface area contributed by atoms with E-state index in [1.54, 1.807) is 18.3 Å². The number of rotatable bonds is 3. The third-order valence-electron chi connectivity index (χ3n) is 5.12. The van der Waals surface area contributed by atoms with Gasteiger partial charge >= 0.3 is 0 Å². The SMILES string of the molecule is CC(=O)N1CCN(Cc2nc(-c3ccc4c(c3)CCC4)cs2)CC1. The first kappa shape index (κ1) is 15.8. The summed E-state index contributed by atoms with van der Waals surface area (Å²) in [5, 5.41) is 3.35. The number of carbonyl (C=O) groups excluding carboxylic acids is 1. The van der Waals surface area contributed by atoms with E-state index < -0.39 is 0 Å². The molecule has 0 radical (unpaired) electrons. The first-order chi connectivity index (χ1) is 11.7. The maximum Gasteiger partial charge on any atom is 0.219 e. The third kappa shape index (κ3) is 3.23. The van der Waals surface area contributed by atoms with Crippen LogP contribution in [0, 0.1) is 0 Å². The summed E-state index contributed by atoms with van der Waals surface area (Å²) in [6, 6.07) is 6.82. The molecule has 1 amide bonds. The fraction of sp³-hybridized carbons (Fsp3) is 0.474. The van der Waals surface area contributed by atoms with Gasteiger partial charge in [-0.1, -0.05) is 12.1 Å². The lowest BCUT2D eigenvalue weighted by Crippen LogP contribution is -2.47. The van der Waals surface area contributed by atoms with Gasteiger partial charge in [-0.05, 0) is 36.5 Å². The molecule has 4 rings (SSSR count). The number of benzene rings is 1. The Morgan fingerprint density at radius 3 is 2.75 bits per heavy atom. The average Bonchev–Trinajstić information content (AvgIpc) is 3.23. The van der Waals surface area contributed by atoms with Crippen LogP contribution in [0.1, 0.15) is 29.5 Å². The quantitative estimate of drug-likeness (QED) is 0.861. The van der Waals surface area contributed by atoms with E-state index in [9.17, 15) is 4.79 Å². The van der Waals surface area contributed by atoms with Crippen LogP contribution in [0.4, 0.5) is 0 Å². The molecule has 126 valence electrons. The van der Waals surface area contributed by atoms with E-state index >= 15 is 0 Å². The lowest BCUT2D eigenvalue weighted by molar-refractivity contribution is -0.130. The third-order valence-corrected chi connectivity index (χ3v) is 5.96. The van der Waals surface area contributed by atoms with Crippen molar-refractivity contribution in [3.63, 3.8) is 0 Å². The summed E-state index contributed by atoms with van der Waals surface area (Å²) in [6.07, 6.45) is 3.72. The minimum Gasteiger partial charge on any atom is -0.340 e. The molecular formula is C19H23N3OS. The molecule has 0 spiro atoms. The van der Waals surface area contributed by atoms with Crippen LogP contribution in [0.25, 0.3) is 11.3 Å². The molecule has 0 N–H and O–H groups in total. The molecule has 24 heavy (non-hydrogen) atoms. The molecule has 1 aliphatic heterocycles. The van der Waals surface area contributed by atoms with Gasteiger partial charge in [0.05, 0.1) is 12.2 Å². The second-order valence-corrected chi connectivity index (χ2v) is 7.69. The summed E-state index contributed by atoms with van der Waals surface area (Å²) in [7, 11) is 0. The van der Waals surface area contributed by atoms with Crippen molar-refractivity contribution in [2.45, 2.75) is 32.7 Å². The van der Waals surface area contributed by atoms with Gasteiger partial charge in [-0.25, -0.2) is 4.98 Å². The Balaban J connectivity index is 1.41. The van der Waals surface area contributed by atoms with Gasteiger partial charge in [0.2, 0.25) is 5.91 Å². The number of thiazole rings is 1. The van der Waals surface area contributed by atoms with Gasteiger partial charge < -0.3 is 4.90 Å². The Bertz CT molecular complexity index is 747. The standard InChI is InChI=1S/C19H23N3OS/c1-14(23)22-9-7-21(8-10-22)12-19-20-18(13-24-19)17-6-5-15-3-2-4-16(15)11-17/h5-6,11,13H,2-4,7-10,12H2,1H3. The van der Waals surface area contributed by atoms with Crippen LogP contribution in [0.5, 0.6) is 0 Å². The van der Waals surface area contributed by atoms with E-state index in [4.69, 9.17) is 4.98 Å². The van der Waals surface area contributed by atoms with Gasteiger partial charge in [-0.2, -0.15) is 0 Å². The molecular weight excluding hydrogens is 318 g/mol. The van der Waals surface area contributed by atoms with Gasteiger partial charge in [0, 0.05) is 44.0 Å². The second-order valence-electron chi connectivity index (χ2n) is 6.75. The van der Waals surface area contributed by atoms with E-state index in [1.807, 2.05) is 4.90 Å². The van der Waals surface area contributed by atoms with Crippen molar-refractivity contribution < 1.29 is 4.79 Å². The molecule has 0 unspecified atom stereocenters. The highest BCUT2D eigenvalue weighted by atomic mass is 32.1. The summed E-state index contributed by atoms with van der Waals surface area (Å²) in [6.45, 7) is 6.08. The zero-order valence-corrected chi connectivity index (χ0v) is 14.9. The maximum absolute atomic E-state index is 11.4. The van der Waals surface area contributed by atoms with E-state index in [1.165, 1.54) is 41.0 Å². The molecule has 1 aromatic carbocycles. The van der Waals surface area contributed by atoms with Crippen LogP contribution in [0.15, 0.2) is 23.6 Å². The van der Waals surface area contributed by atoms with E-state index in [0.717, 1.165) is 38.4 Å². The lowest BCUT2D eigenvalue weighted by Gasteiger charge is -2.33. The van der Waals surface area contributed by atoms with Crippen LogP contribution in [-0.2, 0) is 24.2 Å². The average molecular weight is 341 g/mol. The first-order valence-corrected chi connectivity index (χ1v) is 9.61. The van der Waals surface area contributed by atoms with Crippen molar-refractivity contribution in [2.24, 2.45) is 0 Å². The molecule has 2 aliphatic rings. The Morgan fingerprint density at radius 2 is 1.96 bits per heavy atom. The number of piperazine rings is 1. The number of hydrogen-bond acceptors (Lipinski definition) is 4. The van der Waals surface area contributed by atoms with Gasteiger partial charge in [-0.15, -0.1) is 11.3 Å². The van der Waals surface area contributed by atoms with Gasteiger partial charge in [-0.3, -0.25) is 9.69 Å². The zero-order valence-electron chi connectivity index (χ0n) is 14.1. The maximum atomic E-state index is 11.4. The number of amides is 1. The Kier molecular flexibility index (Phi) is 4.37. The fourth-order valence-corrected chi connectivity index (χ4v) is 4.50. The van der Waals surface area contributed by atoms with Crippen LogP contribution in [0.3, 0.4) is 0 Å². The topological polar surface area (TPSA) is 36.4 Å². The number of nitrogens with zero attached hydrogens (tertiary/aromatic N) is 3. The molecule has 4 nitrogen and oxygen atoms in total. The zero-order chi connectivity index (χ0) is 16.5. The molecule has 2 heterocycles. The van der Waals surface area contributed by atoms with Gasteiger partial charge in [0.1, 0.15) is 5.01 Å². The molecule has 1 aromatic heterocycles. The second kappa shape index (κ2) is 6.65. The minimum atomic E-state index is 0.183. The largest absolute Gasteiger partial charge is 0.340 e. The smallest absolute Gasteiger partial charge is 0.219 e. The normalized spacial score (nSPS) is 18.0. The highest BCUT2D eigenvalue weighted by Crippen LogP contribution is 2.29. The molecule has 5 heteroatoms. The van der Waals surface area contributed by atoms with Crippen LogP contribution in [0.2, 0.25) is 0 Å². The first-order valence-electron chi connectivity index (χ1n) is 8.73. The molecule has 0 saturated carbocycles. The van der Waals surface area contributed by atoms with Crippen molar-refractivity contribution in [1.82, 2.24) is 14.8 Å². The highest BCUT2D eigenvalue weighted by Gasteiger charge is 2.19. The monoisotopic (exact) mass is 341 g/mol. The fourth-order valence-electron chi connectivity index (χ4n) is 3.66. The number of aromatic nitrogens is 1. The highest BCUT2D eigenvalue weighted by molar-refractivity contribution is 7.09. The number of hydrogen-bond donors (Lipinski definition) is 0. The Hall–Kier alpha value is -1.72. The summed E-state index contributed by atoms with van der Waals surface area (Å²) < 4.78 is 0. The number of carbonyl (C=O) groups is 1. The van der Waals surface area contributed by atoms with E-state index in [-0.39, 0.29) is 5.91 Å². The molecule has 1 saturated heterocycles.